The van der Waals surface area contributed by atoms with E-state index in [1.165, 1.54) is 47.1 Å². The van der Waals surface area contributed by atoms with Gasteiger partial charge in [0.15, 0.2) is 0 Å². The summed E-state index contributed by atoms with van der Waals surface area (Å²) in [6.45, 7) is 1.93. The van der Waals surface area contributed by atoms with Crippen LogP contribution in [0.1, 0.15) is 6.92 Å². The van der Waals surface area contributed by atoms with Crippen molar-refractivity contribution in [3.05, 3.63) is 48.5 Å². The van der Waals surface area contributed by atoms with E-state index < -0.39 is 26.1 Å². The Hall–Kier alpha value is -2.14. The molecule has 3 rings (SSSR count). The second kappa shape index (κ2) is 8.31. The minimum absolute atomic E-state index is 0.0732. The molecule has 0 bridgehead atoms. The molecular weight excluding hydrogens is 416 g/mol. The van der Waals surface area contributed by atoms with Crippen LogP contribution in [-0.2, 0) is 20.0 Å². The second-order valence-electron chi connectivity index (χ2n) is 6.68. The number of hydrogen-bond acceptors (Lipinski definition) is 6. The molecule has 1 fully saturated rings. The molecule has 1 aliphatic rings. The van der Waals surface area contributed by atoms with Gasteiger partial charge in [0.1, 0.15) is 11.5 Å². The lowest BCUT2D eigenvalue weighted by molar-refractivity contribution is 0.212. The van der Waals surface area contributed by atoms with Crippen LogP contribution in [0.5, 0.6) is 11.5 Å². The average Bonchev–Trinajstić information content (AvgIpc) is 2.73. The van der Waals surface area contributed by atoms with Crippen LogP contribution in [0, 0.1) is 0 Å². The smallest absolute Gasteiger partial charge is 0.243 e. The number of benzene rings is 2. The summed E-state index contributed by atoms with van der Waals surface area (Å²) in [5.74, 6) is 1.13. The Labute approximate surface area is 171 Å². The maximum atomic E-state index is 13.0. The van der Waals surface area contributed by atoms with E-state index in [1.807, 2.05) is 0 Å². The minimum Gasteiger partial charge on any atom is -0.497 e. The normalized spacial score (nSPS) is 19.1. The first-order valence-corrected chi connectivity index (χ1v) is 11.9. The van der Waals surface area contributed by atoms with Gasteiger partial charge in [-0.05, 0) is 55.5 Å². The molecule has 29 heavy (non-hydrogen) atoms. The van der Waals surface area contributed by atoms with Crippen LogP contribution in [-0.4, -0.2) is 65.3 Å². The third-order valence-electron chi connectivity index (χ3n) is 4.89. The maximum Gasteiger partial charge on any atom is 0.243 e. The van der Waals surface area contributed by atoms with Gasteiger partial charge in [0, 0.05) is 25.7 Å². The summed E-state index contributed by atoms with van der Waals surface area (Å²) in [6, 6.07) is 11.8. The Morgan fingerprint density at radius 1 is 0.759 bits per heavy atom. The number of piperazine rings is 1. The molecule has 0 amide bonds. The Balaban J connectivity index is 1.78. The minimum atomic E-state index is -3.74. The Kier molecular flexibility index (Phi) is 6.18. The zero-order valence-electron chi connectivity index (χ0n) is 16.5. The van der Waals surface area contributed by atoms with Crippen LogP contribution in [0.4, 0.5) is 0 Å². The second-order valence-corrected chi connectivity index (χ2v) is 10.5. The van der Waals surface area contributed by atoms with Gasteiger partial charge in [-0.3, -0.25) is 0 Å². The summed E-state index contributed by atoms with van der Waals surface area (Å²) < 4.78 is 64.7. The third kappa shape index (κ3) is 4.25. The van der Waals surface area contributed by atoms with Gasteiger partial charge in [-0.25, -0.2) is 16.8 Å². The molecule has 0 unspecified atom stereocenters. The lowest BCUT2D eigenvalue weighted by Gasteiger charge is -2.38. The van der Waals surface area contributed by atoms with Crippen molar-refractivity contribution < 1.29 is 26.3 Å². The molecule has 0 spiro atoms. The standard InChI is InChI=1S/C19H24N2O6S2/c1-15-14-20(28(22,23)18-8-4-16(26-2)5-9-18)12-13-21(15)29(24,25)19-10-6-17(27-3)7-11-19/h4-11,15H,12-14H2,1-3H3/t15-/m1/s1. The van der Waals surface area contributed by atoms with Crippen LogP contribution in [0.25, 0.3) is 0 Å². The van der Waals surface area contributed by atoms with Gasteiger partial charge in [-0.15, -0.1) is 0 Å². The van der Waals surface area contributed by atoms with Gasteiger partial charge < -0.3 is 9.47 Å². The van der Waals surface area contributed by atoms with Crippen molar-refractivity contribution in [2.75, 3.05) is 33.9 Å². The van der Waals surface area contributed by atoms with Crippen LogP contribution < -0.4 is 9.47 Å². The molecular formula is C19H24N2O6S2. The van der Waals surface area contributed by atoms with Gasteiger partial charge in [0.05, 0.1) is 24.0 Å². The molecule has 0 aliphatic carbocycles. The Morgan fingerprint density at radius 3 is 1.62 bits per heavy atom. The number of nitrogens with zero attached hydrogens (tertiary/aromatic N) is 2. The molecule has 0 aromatic heterocycles. The zero-order chi connectivity index (χ0) is 21.2. The molecule has 1 saturated heterocycles. The van der Waals surface area contributed by atoms with E-state index in [2.05, 4.69) is 0 Å². The molecule has 0 N–H and O–H groups in total. The van der Waals surface area contributed by atoms with E-state index in [4.69, 9.17) is 9.47 Å². The zero-order valence-corrected chi connectivity index (χ0v) is 18.1. The topological polar surface area (TPSA) is 93.2 Å². The van der Waals surface area contributed by atoms with E-state index in [1.54, 1.807) is 31.2 Å². The predicted octanol–water partition coefficient (Wildman–Crippen LogP) is 1.79. The molecule has 158 valence electrons. The largest absolute Gasteiger partial charge is 0.497 e. The highest BCUT2D eigenvalue weighted by molar-refractivity contribution is 7.89. The molecule has 0 saturated carbocycles. The van der Waals surface area contributed by atoms with Crippen molar-refractivity contribution >= 4 is 20.0 Å². The molecule has 1 heterocycles. The number of rotatable bonds is 6. The fourth-order valence-electron chi connectivity index (χ4n) is 3.26. The third-order valence-corrected chi connectivity index (χ3v) is 8.80. The van der Waals surface area contributed by atoms with Crippen molar-refractivity contribution in [2.45, 2.75) is 22.8 Å². The van der Waals surface area contributed by atoms with Crippen LogP contribution in [0.15, 0.2) is 58.3 Å². The number of hydrogen-bond donors (Lipinski definition) is 0. The summed E-state index contributed by atoms with van der Waals surface area (Å²) in [5.41, 5.74) is 0. The van der Waals surface area contributed by atoms with E-state index in [9.17, 15) is 16.8 Å². The van der Waals surface area contributed by atoms with E-state index in [0.717, 1.165) is 0 Å². The summed E-state index contributed by atoms with van der Waals surface area (Å²) in [7, 11) is -4.45. The predicted molar refractivity (Wildman–Crippen MR) is 108 cm³/mol. The first-order valence-electron chi connectivity index (χ1n) is 9.00. The van der Waals surface area contributed by atoms with Gasteiger partial charge in [-0.2, -0.15) is 8.61 Å². The highest BCUT2D eigenvalue weighted by Gasteiger charge is 2.38. The van der Waals surface area contributed by atoms with Crippen molar-refractivity contribution in [1.29, 1.82) is 0 Å². The van der Waals surface area contributed by atoms with Crippen LogP contribution in [0.3, 0.4) is 0 Å². The van der Waals surface area contributed by atoms with Crippen molar-refractivity contribution in [2.24, 2.45) is 0 Å². The lowest BCUT2D eigenvalue weighted by Crippen LogP contribution is -2.55. The highest BCUT2D eigenvalue weighted by atomic mass is 32.2. The van der Waals surface area contributed by atoms with Gasteiger partial charge in [0.2, 0.25) is 20.0 Å². The average molecular weight is 441 g/mol. The summed E-state index contributed by atoms with van der Waals surface area (Å²) in [5, 5.41) is 0. The molecule has 0 radical (unpaired) electrons. The van der Waals surface area contributed by atoms with Crippen molar-refractivity contribution in [3.63, 3.8) is 0 Å². The first kappa shape index (κ1) is 21.6. The maximum absolute atomic E-state index is 13.0. The summed E-state index contributed by atoms with van der Waals surface area (Å²) in [6.07, 6.45) is 0. The van der Waals surface area contributed by atoms with Crippen LogP contribution >= 0.6 is 0 Å². The Morgan fingerprint density at radius 2 is 1.21 bits per heavy atom. The monoisotopic (exact) mass is 440 g/mol. The van der Waals surface area contributed by atoms with Gasteiger partial charge in [0.25, 0.3) is 0 Å². The van der Waals surface area contributed by atoms with E-state index in [0.29, 0.717) is 11.5 Å². The van der Waals surface area contributed by atoms with Gasteiger partial charge >= 0.3 is 0 Å². The SMILES string of the molecule is COc1ccc(S(=O)(=O)N2CCN(S(=O)(=O)c3ccc(OC)cc3)[C@H](C)C2)cc1. The van der Waals surface area contributed by atoms with E-state index >= 15 is 0 Å². The van der Waals surface area contributed by atoms with Crippen LogP contribution in [0.2, 0.25) is 0 Å². The quantitative estimate of drug-likeness (QED) is 0.680. The Bertz CT molecular complexity index is 1050. The first-order chi connectivity index (χ1) is 13.7. The van der Waals surface area contributed by atoms with Crippen molar-refractivity contribution in [3.8, 4) is 11.5 Å². The highest BCUT2D eigenvalue weighted by Crippen LogP contribution is 2.26. The number of ether oxygens (including phenoxy) is 2. The molecule has 1 aliphatic heterocycles. The summed E-state index contributed by atoms with van der Waals surface area (Å²) in [4.78, 5) is 0.300. The van der Waals surface area contributed by atoms with E-state index in [-0.39, 0.29) is 29.4 Å². The lowest BCUT2D eigenvalue weighted by atomic mass is 10.3. The molecule has 8 nitrogen and oxygen atoms in total. The molecule has 2 aromatic rings. The van der Waals surface area contributed by atoms with Gasteiger partial charge in [-0.1, -0.05) is 0 Å². The molecule has 10 heteroatoms. The number of sulfonamides is 2. The number of methoxy groups -OCH3 is 2. The van der Waals surface area contributed by atoms with Crippen molar-refractivity contribution in [1.82, 2.24) is 8.61 Å². The summed E-state index contributed by atoms with van der Waals surface area (Å²) >= 11 is 0. The fourth-order valence-corrected chi connectivity index (χ4v) is 6.39. The molecule has 1 atom stereocenters. The molecule has 2 aromatic carbocycles. The fraction of sp³-hybridized carbons (Fsp3) is 0.368.